The first-order chi connectivity index (χ1) is 19.9. The van der Waals surface area contributed by atoms with Crippen LogP contribution < -0.4 is 10.2 Å². The van der Waals surface area contributed by atoms with Crippen molar-refractivity contribution >= 4 is 23.4 Å². The van der Waals surface area contributed by atoms with Crippen LogP contribution in [-0.4, -0.2) is 71.8 Å². The number of piperazine rings is 1. The third kappa shape index (κ3) is 6.20. The highest BCUT2D eigenvalue weighted by Gasteiger charge is 2.53. The summed E-state index contributed by atoms with van der Waals surface area (Å²) in [4.78, 5) is 46.4. The summed E-state index contributed by atoms with van der Waals surface area (Å²) in [6, 6.07) is 27.4. The maximum absolute atomic E-state index is 14.0. The van der Waals surface area contributed by atoms with E-state index in [-0.39, 0.29) is 24.3 Å². The van der Waals surface area contributed by atoms with Crippen LogP contribution in [0.1, 0.15) is 38.7 Å². The van der Waals surface area contributed by atoms with E-state index in [1.165, 1.54) is 12.5 Å². The van der Waals surface area contributed by atoms with Crippen molar-refractivity contribution in [3.63, 3.8) is 0 Å². The molecule has 3 amide bonds. The molecule has 41 heavy (non-hydrogen) atoms. The smallest absolute Gasteiger partial charge is 0.247 e. The molecule has 7 nitrogen and oxygen atoms in total. The molecule has 214 valence electrons. The van der Waals surface area contributed by atoms with E-state index >= 15 is 0 Å². The Balaban J connectivity index is 1.30. The van der Waals surface area contributed by atoms with E-state index < -0.39 is 11.6 Å². The minimum atomic E-state index is -0.832. The molecule has 2 saturated heterocycles. The predicted molar refractivity (Wildman–Crippen MR) is 162 cm³/mol. The molecule has 0 radical (unpaired) electrons. The van der Waals surface area contributed by atoms with Gasteiger partial charge in [-0.1, -0.05) is 79.7 Å². The van der Waals surface area contributed by atoms with E-state index in [2.05, 4.69) is 34.5 Å². The van der Waals surface area contributed by atoms with Crippen molar-refractivity contribution in [3.05, 3.63) is 90.5 Å². The molecule has 7 heteroatoms. The quantitative estimate of drug-likeness (QED) is 0.424. The number of rotatable bonds is 9. The van der Waals surface area contributed by atoms with E-state index in [1.807, 2.05) is 72.5 Å². The van der Waals surface area contributed by atoms with Gasteiger partial charge in [0.05, 0.1) is 6.54 Å². The first-order valence-corrected chi connectivity index (χ1v) is 14.7. The monoisotopic (exact) mass is 552 g/mol. The van der Waals surface area contributed by atoms with Crippen molar-refractivity contribution in [2.45, 2.75) is 51.1 Å². The minimum Gasteiger partial charge on any atom is -0.341 e. The molecule has 1 N–H and O–H groups in total. The maximum Gasteiger partial charge on any atom is 0.247 e. The van der Waals surface area contributed by atoms with Gasteiger partial charge < -0.3 is 20.0 Å². The second-order valence-corrected chi connectivity index (χ2v) is 11.2. The van der Waals surface area contributed by atoms with Gasteiger partial charge in [-0.25, -0.2) is 0 Å². The summed E-state index contributed by atoms with van der Waals surface area (Å²) < 4.78 is 0. The maximum atomic E-state index is 14.0. The Morgan fingerprint density at radius 1 is 0.902 bits per heavy atom. The van der Waals surface area contributed by atoms with Crippen LogP contribution in [0.5, 0.6) is 0 Å². The van der Waals surface area contributed by atoms with Gasteiger partial charge in [-0.2, -0.15) is 0 Å². The Bertz CT molecular complexity index is 1350. The van der Waals surface area contributed by atoms with E-state index in [1.54, 1.807) is 4.90 Å². The number of carbonyl (C=O) groups excluding carboxylic acids is 3. The number of benzene rings is 3. The van der Waals surface area contributed by atoms with Crippen molar-refractivity contribution < 1.29 is 14.4 Å². The largest absolute Gasteiger partial charge is 0.341 e. The highest BCUT2D eigenvalue weighted by Crippen LogP contribution is 2.34. The Morgan fingerprint density at radius 2 is 1.56 bits per heavy atom. The van der Waals surface area contributed by atoms with Gasteiger partial charge in [0, 0.05) is 38.8 Å². The van der Waals surface area contributed by atoms with Gasteiger partial charge in [0.1, 0.15) is 11.6 Å². The summed E-state index contributed by atoms with van der Waals surface area (Å²) in [6.45, 7) is 6.62. The lowest BCUT2D eigenvalue weighted by Gasteiger charge is -2.52. The molecule has 1 atom stereocenters. The van der Waals surface area contributed by atoms with Gasteiger partial charge in [0.2, 0.25) is 17.7 Å². The Kier molecular flexibility index (Phi) is 8.84. The molecule has 2 fully saturated rings. The Morgan fingerprint density at radius 3 is 2.22 bits per heavy atom. The van der Waals surface area contributed by atoms with Gasteiger partial charge in [-0.3, -0.25) is 14.4 Å². The molecule has 3 aromatic carbocycles. The normalized spacial score (nSPS) is 18.8. The molecule has 3 aromatic rings. The third-order valence-corrected chi connectivity index (χ3v) is 8.51. The molecule has 0 bridgehead atoms. The lowest BCUT2D eigenvalue weighted by molar-refractivity contribution is -0.161. The fraction of sp³-hybridized carbons (Fsp3) is 0.382. The zero-order valence-electron chi connectivity index (χ0n) is 24.1. The zero-order valence-corrected chi connectivity index (χ0v) is 24.1. The molecule has 2 aliphatic rings. The van der Waals surface area contributed by atoms with Gasteiger partial charge in [0.25, 0.3) is 0 Å². The van der Waals surface area contributed by atoms with E-state index in [4.69, 9.17) is 0 Å². The van der Waals surface area contributed by atoms with Gasteiger partial charge in [0.15, 0.2) is 0 Å². The van der Waals surface area contributed by atoms with E-state index in [0.29, 0.717) is 25.1 Å². The van der Waals surface area contributed by atoms with Gasteiger partial charge in [-0.05, 0) is 54.5 Å². The second kappa shape index (κ2) is 12.7. The molecular weight excluding hydrogens is 512 g/mol. The standard InChI is InChI=1S/C34H40N4O3/c1-3-20-38-32(40)31(25-37(26(2)39)30-16-10-15-29(24-30)28-13-8-5-9-14-28)35-33(41)34(38)18-22-36(23-19-34)21-17-27-11-6-4-7-12-27/h4-16,24,31H,3,17-23,25H2,1-2H3,(H,35,41)/t31-/m0/s1. The lowest BCUT2D eigenvalue weighted by atomic mass is 9.81. The van der Waals surface area contributed by atoms with Crippen molar-refractivity contribution in [3.8, 4) is 11.1 Å². The zero-order chi connectivity index (χ0) is 28.8. The molecule has 0 unspecified atom stereocenters. The van der Waals surface area contributed by atoms with Crippen molar-refractivity contribution in [2.24, 2.45) is 0 Å². The molecule has 5 rings (SSSR count). The molecule has 0 aromatic heterocycles. The summed E-state index contributed by atoms with van der Waals surface area (Å²) in [5, 5.41) is 3.05. The van der Waals surface area contributed by atoms with Crippen LogP contribution in [0, 0.1) is 0 Å². The molecule has 2 aliphatic heterocycles. The number of likely N-dealkylation sites (tertiary alicyclic amines) is 1. The van der Waals surface area contributed by atoms with Crippen molar-refractivity contribution in [1.29, 1.82) is 0 Å². The summed E-state index contributed by atoms with van der Waals surface area (Å²) in [5.74, 6) is -0.374. The summed E-state index contributed by atoms with van der Waals surface area (Å²) in [6.07, 6.45) is 2.95. The van der Waals surface area contributed by atoms with Crippen LogP contribution >= 0.6 is 0 Å². The highest BCUT2D eigenvalue weighted by molar-refractivity contribution is 6.01. The minimum absolute atomic E-state index is 0.0949. The topological polar surface area (TPSA) is 73.0 Å². The number of hydrogen-bond donors (Lipinski definition) is 1. The highest BCUT2D eigenvalue weighted by atomic mass is 16.2. The van der Waals surface area contributed by atoms with Crippen LogP contribution in [0.3, 0.4) is 0 Å². The molecule has 2 heterocycles. The summed E-state index contributed by atoms with van der Waals surface area (Å²) in [5.41, 5.74) is 3.21. The number of nitrogens with zero attached hydrogens (tertiary/aromatic N) is 3. The van der Waals surface area contributed by atoms with E-state index in [9.17, 15) is 14.4 Å². The second-order valence-electron chi connectivity index (χ2n) is 11.2. The molecule has 0 aliphatic carbocycles. The Labute approximate surface area is 243 Å². The number of piperidine rings is 1. The first kappa shape index (κ1) is 28.6. The fourth-order valence-corrected chi connectivity index (χ4v) is 6.21. The van der Waals surface area contributed by atoms with Crippen molar-refractivity contribution in [2.75, 3.05) is 37.6 Å². The van der Waals surface area contributed by atoms with Gasteiger partial charge in [-0.15, -0.1) is 0 Å². The number of amides is 3. The molecule has 0 saturated carbocycles. The first-order valence-electron chi connectivity index (χ1n) is 14.7. The number of nitrogens with one attached hydrogen (secondary N) is 1. The number of anilines is 1. The molecular formula is C34H40N4O3. The summed E-state index contributed by atoms with van der Waals surface area (Å²) >= 11 is 0. The van der Waals surface area contributed by atoms with Gasteiger partial charge >= 0.3 is 0 Å². The van der Waals surface area contributed by atoms with Crippen LogP contribution in [0.4, 0.5) is 5.69 Å². The van der Waals surface area contributed by atoms with Crippen molar-refractivity contribution in [1.82, 2.24) is 15.1 Å². The lowest BCUT2D eigenvalue weighted by Crippen LogP contribution is -2.74. The number of carbonyl (C=O) groups is 3. The SMILES string of the molecule is CCCN1C(=O)[C@H](CN(C(C)=O)c2cccc(-c3ccccc3)c2)NC(=O)C12CCN(CCc1ccccc1)CC2. The van der Waals surface area contributed by atoms with Crippen LogP contribution in [0.2, 0.25) is 0 Å². The Hall–Kier alpha value is -3.97. The average molecular weight is 553 g/mol. The predicted octanol–water partition coefficient (Wildman–Crippen LogP) is 4.52. The summed E-state index contributed by atoms with van der Waals surface area (Å²) in [7, 11) is 0. The van der Waals surface area contributed by atoms with E-state index in [0.717, 1.165) is 43.6 Å². The molecule has 1 spiro atoms. The van der Waals surface area contributed by atoms with Crippen LogP contribution in [0.25, 0.3) is 11.1 Å². The van der Waals surface area contributed by atoms with Crippen LogP contribution in [-0.2, 0) is 20.8 Å². The number of hydrogen-bond acceptors (Lipinski definition) is 4. The fourth-order valence-electron chi connectivity index (χ4n) is 6.21. The third-order valence-electron chi connectivity index (χ3n) is 8.51. The average Bonchev–Trinajstić information content (AvgIpc) is 3.01. The van der Waals surface area contributed by atoms with Crippen LogP contribution in [0.15, 0.2) is 84.9 Å².